The highest BCUT2D eigenvalue weighted by Gasteiger charge is 2.08. The van der Waals surface area contributed by atoms with Crippen molar-refractivity contribution < 1.29 is 9.18 Å². The number of rotatable bonds is 5. The van der Waals surface area contributed by atoms with Gasteiger partial charge in [-0.25, -0.2) is 19.2 Å². The summed E-state index contributed by atoms with van der Waals surface area (Å²) in [5.74, 6) is -0.375. The van der Waals surface area contributed by atoms with Crippen molar-refractivity contribution >= 4 is 22.5 Å². The van der Waals surface area contributed by atoms with Crippen LogP contribution in [0.5, 0.6) is 0 Å². The average molecular weight is 345 g/mol. The van der Waals surface area contributed by atoms with Crippen LogP contribution in [0.4, 0.5) is 14.3 Å². The zero-order valence-electron chi connectivity index (χ0n) is 13.0. The smallest absolute Gasteiger partial charge is 0.321 e. The molecule has 1 aromatic carbocycles. The summed E-state index contributed by atoms with van der Waals surface area (Å²) in [5, 5.41) is 5.90. The number of nitrogens with one attached hydrogen (secondary N) is 2. The molecule has 0 aliphatic carbocycles. The number of aromatic nitrogens is 3. The standard InChI is InChI=1S/C16H16FN5OS/c1-2-12-9-20-16(24-12)21-15(23)19-8-11-3-4-14(13(17)7-11)22-6-5-18-10-22/h3-7,9-10H,2,8H2,1H3,(H2,19,20,21,23). The molecule has 0 aliphatic rings. The molecule has 0 unspecified atom stereocenters. The molecule has 0 radical (unpaired) electrons. The number of hydrogen-bond acceptors (Lipinski definition) is 4. The van der Waals surface area contributed by atoms with Gasteiger partial charge in [-0.05, 0) is 24.1 Å². The predicted octanol–water partition coefficient (Wildman–Crippen LogP) is 3.35. The molecule has 6 nitrogen and oxygen atoms in total. The average Bonchev–Trinajstić information content (AvgIpc) is 3.24. The van der Waals surface area contributed by atoms with E-state index >= 15 is 0 Å². The Bertz CT molecular complexity index is 831. The summed E-state index contributed by atoms with van der Waals surface area (Å²) >= 11 is 1.43. The maximum Gasteiger partial charge on any atom is 0.321 e. The first-order valence-electron chi connectivity index (χ1n) is 7.42. The minimum atomic E-state index is -0.375. The van der Waals surface area contributed by atoms with Gasteiger partial charge in [0, 0.05) is 30.0 Å². The lowest BCUT2D eigenvalue weighted by molar-refractivity contribution is 0.251. The molecular weight excluding hydrogens is 329 g/mol. The van der Waals surface area contributed by atoms with E-state index in [0.29, 0.717) is 16.4 Å². The second-order valence-electron chi connectivity index (χ2n) is 5.05. The van der Waals surface area contributed by atoms with Crippen LogP contribution in [-0.4, -0.2) is 20.6 Å². The van der Waals surface area contributed by atoms with Crippen molar-refractivity contribution in [3.05, 3.63) is 59.4 Å². The van der Waals surface area contributed by atoms with Crippen LogP contribution < -0.4 is 10.6 Å². The molecular formula is C16H16FN5OS. The lowest BCUT2D eigenvalue weighted by Gasteiger charge is -2.08. The minimum absolute atomic E-state index is 0.221. The largest absolute Gasteiger partial charge is 0.334 e. The van der Waals surface area contributed by atoms with E-state index in [1.54, 1.807) is 35.3 Å². The molecule has 0 bridgehead atoms. The van der Waals surface area contributed by atoms with E-state index in [-0.39, 0.29) is 18.4 Å². The lowest BCUT2D eigenvalue weighted by atomic mass is 10.2. The maximum atomic E-state index is 14.1. The summed E-state index contributed by atoms with van der Waals surface area (Å²) in [7, 11) is 0. The quantitative estimate of drug-likeness (QED) is 0.745. The van der Waals surface area contributed by atoms with Crippen molar-refractivity contribution in [3.63, 3.8) is 0 Å². The Balaban J connectivity index is 1.58. The number of benzene rings is 1. The fourth-order valence-electron chi connectivity index (χ4n) is 2.12. The Morgan fingerprint density at radius 1 is 1.42 bits per heavy atom. The van der Waals surface area contributed by atoms with Crippen molar-refractivity contribution in [1.29, 1.82) is 0 Å². The molecule has 2 aromatic heterocycles. The topological polar surface area (TPSA) is 71.8 Å². The van der Waals surface area contributed by atoms with E-state index in [9.17, 15) is 9.18 Å². The third-order valence-electron chi connectivity index (χ3n) is 3.37. The Morgan fingerprint density at radius 2 is 2.29 bits per heavy atom. The number of halogens is 1. The Morgan fingerprint density at radius 3 is 2.96 bits per heavy atom. The van der Waals surface area contributed by atoms with E-state index in [1.165, 1.54) is 23.7 Å². The number of nitrogens with zero attached hydrogens (tertiary/aromatic N) is 3. The van der Waals surface area contributed by atoms with E-state index in [4.69, 9.17) is 0 Å². The van der Waals surface area contributed by atoms with Gasteiger partial charge in [-0.1, -0.05) is 13.0 Å². The molecule has 8 heteroatoms. The van der Waals surface area contributed by atoms with Gasteiger partial charge in [-0.15, -0.1) is 11.3 Å². The van der Waals surface area contributed by atoms with Crippen LogP contribution in [0.3, 0.4) is 0 Å². The highest BCUT2D eigenvalue weighted by molar-refractivity contribution is 7.15. The van der Waals surface area contributed by atoms with Crippen molar-refractivity contribution in [2.75, 3.05) is 5.32 Å². The number of carbonyl (C=O) groups is 1. The number of urea groups is 1. The molecule has 0 aliphatic heterocycles. The number of carbonyl (C=O) groups excluding carboxylic acids is 1. The third kappa shape index (κ3) is 3.77. The molecule has 0 spiro atoms. The van der Waals surface area contributed by atoms with Crippen LogP contribution in [0, 0.1) is 5.82 Å². The molecule has 0 saturated heterocycles. The van der Waals surface area contributed by atoms with Crippen LogP contribution in [-0.2, 0) is 13.0 Å². The SMILES string of the molecule is CCc1cnc(NC(=O)NCc2ccc(-n3ccnc3)c(F)c2)s1. The normalized spacial score (nSPS) is 10.6. The van der Waals surface area contributed by atoms with Crippen LogP contribution >= 0.6 is 11.3 Å². The zero-order valence-corrected chi connectivity index (χ0v) is 13.8. The Labute approximate surface area is 142 Å². The van der Waals surface area contributed by atoms with Gasteiger partial charge in [0.25, 0.3) is 0 Å². The van der Waals surface area contributed by atoms with Crippen molar-refractivity contribution in [2.45, 2.75) is 19.9 Å². The summed E-state index contributed by atoms with van der Waals surface area (Å²) < 4.78 is 15.7. The molecule has 0 atom stereocenters. The Hall–Kier alpha value is -2.74. The highest BCUT2D eigenvalue weighted by atomic mass is 32.1. The fraction of sp³-hybridized carbons (Fsp3) is 0.188. The van der Waals surface area contributed by atoms with Gasteiger partial charge in [-0.2, -0.15) is 0 Å². The number of aryl methyl sites for hydroxylation is 1. The molecule has 2 N–H and O–H groups in total. The summed E-state index contributed by atoms with van der Waals surface area (Å²) in [4.78, 5) is 21.0. The van der Waals surface area contributed by atoms with Crippen LogP contribution in [0.1, 0.15) is 17.4 Å². The van der Waals surface area contributed by atoms with Gasteiger partial charge in [0.05, 0.1) is 12.0 Å². The van der Waals surface area contributed by atoms with Crippen LogP contribution in [0.2, 0.25) is 0 Å². The van der Waals surface area contributed by atoms with E-state index < -0.39 is 0 Å². The lowest BCUT2D eigenvalue weighted by Crippen LogP contribution is -2.28. The van der Waals surface area contributed by atoms with Gasteiger partial charge in [0.2, 0.25) is 0 Å². The predicted molar refractivity (Wildman–Crippen MR) is 90.9 cm³/mol. The molecule has 2 heterocycles. The summed E-state index contributed by atoms with van der Waals surface area (Å²) in [5.41, 5.74) is 1.08. The third-order valence-corrected chi connectivity index (χ3v) is 4.43. The fourth-order valence-corrected chi connectivity index (χ4v) is 2.87. The van der Waals surface area contributed by atoms with Crippen molar-refractivity contribution in [2.24, 2.45) is 0 Å². The molecule has 2 amide bonds. The summed E-state index contributed by atoms with van der Waals surface area (Å²) in [6.07, 6.45) is 7.40. The maximum absolute atomic E-state index is 14.1. The molecule has 3 aromatic rings. The summed E-state index contributed by atoms with van der Waals surface area (Å²) in [6.45, 7) is 2.25. The van der Waals surface area contributed by atoms with E-state index in [0.717, 1.165) is 11.3 Å². The van der Waals surface area contributed by atoms with Gasteiger partial charge in [0.15, 0.2) is 5.13 Å². The van der Waals surface area contributed by atoms with Gasteiger partial charge >= 0.3 is 6.03 Å². The summed E-state index contributed by atoms with van der Waals surface area (Å²) in [6, 6.07) is 4.44. The minimum Gasteiger partial charge on any atom is -0.334 e. The molecule has 3 rings (SSSR count). The van der Waals surface area contributed by atoms with E-state index in [2.05, 4.69) is 20.6 Å². The second kappa shape index (κ2) is 7.22. The first kappa shape index (κ1) is 16.1. The monoisotopic (exact) mass is 345 g/mol. The first-order valence-corrected chi connectivity index (χ1v) is 8.23. The highest BCUT2D eigenvalue weighted by Crippen LogP contribution is 2.18. The van der Waals surface area contributed by atoms with Gasteiger partial charge in [0.1, 0.15) is 5.82 Å². The number of imidazole rings is 1. The molecule has 0 fully saturated rings. The molecule has 124 valence electrons. The molecule has 0 saturated carbocycles. The van der Waals surface area contributed by atoms with Crippen LogP contribution in [0.25, 0.3) is 5.69 Å². The number of thiazole rings is 1. The number of anilines is 1. The number of hydrogen-bond donors (Lipinski definition) is 2. The van der Waals surface area contributed by atoms with Crippen molar-refractivity contribution in [3.8, 4) is 5.69 Å². The number of amides is 2. The van der Waals surface area contributed by atoms with Gasteiger partial charge in [-0.3, -0.25) is 5.32 Å². The van der Waals surface area contributed by atoms with E-state index in [1.807, 2.05) is 6.92 Å². The second-order valence-corrected chi connectivity index (χ2v) is 6.16. The van der Waals surface area contributed by atoms with Crippen LogP contribution in [0.15, 0.2) is 43.1 Å². The Kier molecular flexibility index (Phi) is 4.85. The zero-order chi connectivity index (χ0) is 16.9. The molecule has 24 heavy (non-hydrogen) atoms. The van der Waals surface area contributed by atoms with Crippen molar-refractivity contribution in [1.82, 2.24) is 19.9 Å². The van der Waals surface area contributed by atoms with Gasteiger partial charge < -0.3 is 9.88 Å². The first-order chi connectivity index (χ1) is 11.7.